The minimum atomic E-state index is -0.132. The van der Waals surface area contributed by atoms with Crippen LogP contribution in [0.1, 0.15) is 11.3 Å². The normalized spacial score (nSPS) is 14.4. The lowest BCUT2D eigenvalue weighted by atomic mass is 10.1. The molecule has 0 aromatic carbocycles. The third-order valence-electron chi connectivity index (χ3n) is 2.63. The second-order valence-electron chi connectivity index (χ2n) is 3.68. The van der Waals surface area contributed by atoms with Crippen LogP contribution in [0.25, 0.3) is 0 Å². The molecule has 2 rings (SSSR count). The lowest BCUT2D eigenvalue weighted by Gasteiger charge is -2.26. The standard InChI is InChI=1S/C10H14N4O2/c1-2-4-11-10(16)14-5-3-7-8(6-14)12-13-9(7)15/h2H,1,3-6H2,(H,11,16)(H2,12,13,15). The van der Waals surface area contributed by atoms with E-state index in [0.717, 1.165) is 11.3 Å². The molecule has 1 aromatic heterocycles. The summed E-state index contributed by atoms with van der Waals surface area (Å²) in [5, 5.41) is 8.02. The van der Waals surface area contributed by atoms with Crippen molar-refractivity contribution in [3.05, 3.63) is 34.3 Å². The minimum Gasteiger partial charge on any atom is -0.335 e. The maximum Gasteiger partial charge on any atom is 0.318 e. The van der Waals surface area contributed by atoms with E-state index in [4.69, 9.17) is 0 Å². The number of hydrogen-bond donors (Lipinski definition) is 3. The van der Waals surface area contributed by atoms with Crippen molar-refractivity contribution in [1.82, 2.24) is 20.4 Å². The Morgan fingerprint density at radius 1 is 1.56 bits per heavy atom. The van der Waals surface area contributed by atoms with Crippen LogP contribution in [0.3, 0.4) is 0 Å². The molecule has 0 aliphatic carbocycles. The van der Waals surface area contributed by atoms with Gasteiger partial charge >= 0.3 is 6.03 Å². The molecule has 0 unspecified atom stereocenters. The first-order chi connectivity index (χ1) is 7.72. The summed E-state index contributed by atoms with van der Waals surface area (Å²) in [5.74, 6) is 0. The van der Waals surface area contributed by atoms with E-state index in [1.54, 1.807) is 11.0 Å². The number of aromatic amines is 2. The van der Waals surface area contributed by atoms with Crippen molar-refractivity contribution < 1.29 is 4.79 Å². The van der Waals surface area contributed by atoms with Crippen molar-refractivity contribution in [2.24, 2.45) is 0 Å². The van der Waals surface area contributed by atoms with Gasteiger partial charge in [-0.1, -0.05) is 6.08 Å². The van der Waals surface area contributed by atoms with Gasteiger partial charge in [-0.3, -0.25) is 9.89 Å². The molecule has 2 heterocycles. The highest BCUT2D eigenvalue weighted by Crippen LogP contribution is 2.12. The Bertz CT molecular complexity index is 460. The van der Waals surface area contributed by atoms with Crippen LogP contribution in [0.5, 0.6) is 0 Å². The van der Waals surface area contributed by atoms with Crippen LogP contribution in [-0.2, 0) is 13.0 Å². The molecule has 3 N–H and O–H groups in total. The zero-order chi connectivity index (χ0) is 11.5. The average molecular weight is 222 g/mol. The van der Waals surface area contributed by atoms with Crippen LogP contribution < -0.4 is 10.9 Å². The molecule has 0 saturated heterocycles. The summed E-state index contributed by atoms with van der Waals surface area (Å²) in [6, 6.07) is -0.132. The summed E-state index contributed by atoms with van der Waals surface area (Å²) in [5.41, 5.74) is 1.47. The maximum absolute atomic E-state index is 11.6. The predicted octanol–water partition coefficient (Wildman–Crippen LogP) is -0.0433. The number of aromatic nitrogens is 2. The fraction of sp³-hybridized carbons (Fsp3) is 0.400. The molecule has 0 spiro atoms. The summed E-state index contributed by atoms with van der Waals surface area (Å²) in [7, 11) is 0. The van der Waals surface area contributed by atoms with E-state index in [0.29, 0.717) is 26.1 Å². The average Bonchev–Trinajstić information content (AvgIpc) is 2.67. The monoisotopic (exact) mass is 222 g/mol. The zero-order valence-electron chi connectivity index (χ0n) is 8.88. The molecular weight excluding hydrogens is 208 g/mol. The number of carbonyl (C=O) groups is 1. The van der Waals surface area contributed by atoms with Gasteiger partial charge in [-0.05, 0) is 6.42 Å². The van der Waals surface area contributed by atoms with E-state index in [1.807, 2.05) is 0 Å². The number of H-pyrrole nitrogens is 2. The first-order valence-electron chi connectivity index (χ1n) is 5.14. The molecule has 0 fully saturated rings. The molecule has 1 aromatic rings. The van der Waals surface area contributed by atoms with Crippen LogP contribution in [0, 0.1) is 0 Å². The van der Waals surface area contributed by atoms with Crippen molar-refractivity contribution in [2.45, 2.75) is 13.0 Å². The maximum atomic E-state index is 11.6. The van der Waals surface area contributed by atoms with Crippen LogP contribution in [0.4, 0.5) is 4.79 Å². The third kappa shape index (κ3) is 1.86. The molecule has 1 aliphatic rings. The van der Waals surface area contributed by atoms with Crippen molar-refractivity contribution in [3.63, 3.8) is 0 Å². The first kappa shape index (κ1) is 10.5. The first-order valence-corrected chi connectivity index (χ1v) is 5.14. The molecule has 0 radical (unpaired) electrons. The fourth-order valence-corrected chi connectivity index (χ4v) is 1.78. The molecule has 2 amide bonds. The second kappa shape index (κ2) is 4.26. The third-order valence-corrected chi connectivity index (χ3v) is 2.63. The summed E-state index contributed by atoms with van der Waals surface area (Å²) in [4.78, 5) is 24.6. The molecule has 0 atom stereocenters. The Hall–Kier alpha value is -1.98. The van der Waals surface area contributed by atoms with Crippen LogP contribution in [-0.4, -0.2) is 34.2 Å². The van der Waals surface area contributed by atoms with E-state index >= 15 is 0 Å². The highest BCUT2D eigenvalue weighted by Gasteiger charge is 2.23. The smallest absolute Gasteiger partial charge is 0.318 e. The van der Waals surface area contributed by atoms with E-state index in [-0.39, 0.29) is 11.6 Å². The number of urea groups is 1. The van der Waals surface area contributed by atoms with Crippen LogP contribution >= 0.6 is 0 Å². The largest absolute Gasteiger partial charge is 0.335 e. The van der Waals surface area contributed by atoms with Gasteiger partial charge in [-0.2, -0.15) is 0 Å². The molecule has 6 nitrogen and oxygen atoms in total. The van der Waals surface area contributed by atoms with Gasteiger partial charge in [-0.15, -0.1) is 6.58 Å². The Morgan fingerprint density at radius 2 is 2.38 bits per heavy atom. The van der Waals surface area contributed by atoms with Crippen molar-refractivity contribution >= 4 is 6.03 Å². The van der Waals surface area contributed by atoms with Crippen LogP contribution in [0.2, 0.25) is 0 Å². The second-order valence-corrected chi connectivity index (χ2v) is 3.68. The van der Waals surface area contributed by atoms with E-state index in [9.17, 15) is 9.59 Å². The molecule has 0 bridgehead atoms. The molecule has 86 valence electrons. The van der Waals surface area contributed by atoms with Gasteiger partial charge in [0.25, 0.3) is 5.56 Å². The summed E-state index contributed by atoms with van der Waals surface area (Å²) < 4.78 is 0. The van der Waals surface area contributed by atoms with Gasteiger partial charge in [0.05, 0.1) is 12.2 Å². The Morgan fingerprint density at radius 3 is 3.12 bits per heavy atom. The molecular formula is C10H14N4O2. The Balaban J connectivity index is 2.05. The van der Waals surface area contributed by atoms with Gasteiger partial charge in [0.1, 0.15) is 0 Å². The van der Waals surface area contributed by atoms with E-state index < -0.39 is 0 Å². The summed E-state index contributed by atoms with van der Waals surface area (Å²) in [6.45, 7) is 4.99. The number of rotatable bonds is 2. The lowest BCUT2D eigenvalue weighted by Crippen LogP contribution is -2.43. The van der Waals surface area contributed by atoms with Gasteiger partial charge in [0.15, 0.2) is 0 Å². The quantitative estimate of drug-likeness (QED) is 0.613. The Kier molecular flexibility index (Phi) is 2.80. The summed E-state index contributed by atoms with van der Waals surface area (Å²) in [6.07, 6.45) is 2.22. The molecule has 0 saturated carbocycles. The van der Waals surface area contributed by atoms with Gasteiger partial charge in [0, 0.05) is 18.7 Å². The topological polar surface area (TPSA) is 81.0 Å². The van der Waals surface area contributed by atoms with E-state index in [2.05, 4.69) is 22.1 Å². The number of amides is 2. The highest BCUT2D eigenvalue weighted by molar-refractivity contribution is 5.74. The molecule has 6 heteroatoms. The number of fused-ring (bicyclic) bond motifs is 1. The number of carbonyl (C=O) groups excluding carboxylic acids is 1. The van der Waals surface area contributed by atoms with Gasteiger partial charge < -0.3 is 15.3 Å². The zero-order valence-corrected chi connectivity index (χ0v) is 8.88. The van der Waals surface area contributed by atoms with E-state index in [1.165, 1.54) is 0 Å². The fourth-order valence-electron chi connectivity index (χ4n) is 1.78. The molecule has 1 aliphatic heterocycles. The van der Waals surface area contributed by atoms with Crippen molar-refractivity contribution in [3.8, 4) is 0 Å². The highest BCUT2D eigenvalue weighted by atomic mass is 16.2. The van der Waals surface area contributed by atoms with Crippen LogP contribution in [0.15, 0.2) is 17.4 Å². The lowest BCUT2D eigenvalue weighted by molar-refractivity contribution is 0.192. The number of nitrogens with one attached hydrogen (secondary N) is 3. The number of nitrogens with zero attached hydrogens (tertiary/aromatic N) is 1. The molecule has 16 heavy (non-hydrogen) atoms. The Labute approximate surface area is 92.3 Å². The van der Waals surface area contributed by atoms with Crippen molar-refractivity contribution in [1.29, 1.82) is 0 Å². The van der Waals surface area contributed by atoms with Gasteiger partial charge in [-0.25, -0.2) is 4.79 Å². The predicted molar refractivity (Wildman–Crippen MR) is 59.1 cm³/mol. The van der Waals surface area contributed by atoms with Crippen molar-refractivity contribution in [2.75, 3.05) is 13.1 Å². The van der Waals surface area contributed by atoms with Gasteiger partial charge in [0.2, 0.25) is 0 Å². The number of hydrogen-bond acceptors (Lipinski definition) is 2. The summed E-state index contributed by atoms with van der Waals surface area (Å²) >= 11 is 0. The SMILES string of the molecule is C=CCNC(=O)N1CCc2c([nH][nH]c2=O)C1. The minimum absolute atomic E-state index is 0.0823.